The van der Waals surface area contributed by atoms with E-state index in [2.05, 4.69) is 9.71 Å². The smallest absolute Gasteiger partial charge is 0.262 e. The van der Waals surface area contributed by atoms with E-state index in [0.717, 1.165) is 11.1 Å². The average Bonchev–Trinajstić information content (AvgIpc) is 2.39. The maximum Gasteiger partial charge on any atom is 0.262 e. The van der Waals surface area contributed by atoms with Crippen LogP contribution >= 0.6 is 0 Å². The summed E-state index contributed by atoms with van der Waals surface area (Å²) in [5.41, 5.74) is 2.19. The van der Waals surface area contributed by atoms with Crippen LogP contribution in [-0.4, -0.2) is 13.4 Å². The molecule has 0 aliphatic heterocycles. The lowest BCUT2D eigenvalue weighted by Gasteiger charge is -2.13. The molecule has 0 aliphatic carbocycles. The van der Waals surface area contributed by atoms with Crippen LogP contribution in [0.5, 0.6) is 0 Å². The van der Waals surface area contributed by atoms with Gasteiger partial charge in [0.2, 0.25) is 0 Å². The number of nitrogens with one attached hydrogen (secondary N) is 1. The molecule has 1 N–H and O–H groups in total. The van der Waals surface area contributed by atoms with Gasteiger partial charge < -0.3 is 0 Å². The first-order chi connectivity index (χ1) is 9.40. The first-order valence-electron chi connectivity index (χ1n) is 6.43. The molecule has 0 amide bonds. The van der Waals surface area contributed by atoms with Crippen molar-refractivity contribution in [3.63, 3.8) is 0 Å². The minimum atomic E-state index is -3.59. The van der Waals surface area contributed by atoms with Crippen molar-refractivity contribution in [2.45, 2.75) is 31.6 Å². The van der Waals surface area contributed by atoms with Gasteiger partial charge in [0.15, 0.2) is 0 Å². The summed E-state index contributed by atoms with van der Waals surface area (Å²) in [5, 5.41) is 0. The van der Waals surface area contributed by atoms with E-state index >= 15 is 0 Å². The largest absolute Gasteiger partial charge is 0.278 e. The zero-order chi connectivity index (χ0) is 14.8. The molecule has 0 radical (unpaired) electrons. The predicted octanol–water partition coefficient (Wildman–Crippen LogP) is 3.31. The Labute approximate surface area is 119 Å². The van der Waals surface area contributed by atoms with Gasteiger partial charge in [0.25, 0.3) is 10.0 Å². The molecule has 4 nitrogen and oxygen atoms in total. The van der Waals surface area contributed by atoms with Gasteiger partial charge in [0.05, 0.1) is 16.8 Å². The van der Waals surface area contributed by atoms with Gasteiger partial charge in [-0.2, -0.15) is 0 Å². The second-order valence-electron chi connectivity index (χ2n) is 5.03. The second kappa shape index (κ2) is 5.63. The van der Waals surface area contributed by atoms with E-state index in [-0.39, 0.29) is 5.92 Å². The normalized spacial score (nSPS) is 11.6. The summed E-state index contributed by atoms with van der Waals surface area (Å²) in [6, 6.07) is 8.90. The van der Waals surface area contributed by atoms with Crippen LogP contribution < -0.4 is 4.72 Å². The highest BCUT2D eigenvalue weighted by Crippen LogP contribution is 2.23. The van der Waals surface area contributed by atoms with Gasteiger partial charge in [-0.1, -0.05) is 26.0 Å². The van der Waals surface area contributed by atoms with Gasteiger partial charge in [-0.25, -0.2) is 8.42 Å². The molecule has 5 heteroatoms. The Morgan fingerprint density at radius 3 is 2.55 bits per heavy atom. The summed E-state index contributed by atoms with van der Waals surface area (Å²) in [5.74, 6) is 0.281. The van der Waals surface area contributed by atoms with Crippen molar-refractivity contribution in [1.29, 1.82) is 0 Å². The van der Waals surface area contributed by atoms with Gasteiger partial charge in [0, 0.05) is 6.20 Å². The standard InChI is InChI=1S/C15H18N2O2S/c1-11(2)13-7-6-12(3)15(9-13)20(18,19)17-14-5-4-8-16-10-14/h4-11,17H,1-3H3. The molecule has 2 rings (SSSR count). The first kappa shape index (κ1) is 14.5. The van der Waals surface area contributed by atoms with Gasteiger partial charge in [0.1, 0.15) is 0 Å². The molecule has 0 spiro atoms. The maximum absolute atomic E-state index is 12.5. The number of sulfonamides is 1. The second-order valence-corrected chi connectivity index (χ2v) is 6.68. The summed E-state index contributed by atoms with van der Waals surface area (Å²) < 4.78 is 27.5. The van der Waals surface area contributed by atoms with Crippen molar-refractivity contribution in [3.8, 4) is 0 Å². The molecular formula is C15H18N2O2S. The minimum Gasteiger partial charge on any atom is -0.278 e. The fourth-order valence-corrected chi connectivity index (χ4v) is 3.22. The summed E-state index contributed by atoms with van der Waals surface area (Å²) in [6.45, 7) is 5.87. The molecule has 106 valence electrons. The van der Waals surface area contributed by atoms with Crippen LogP contribution in [0.1, 0.15) is 30.9 Å². The lowest BCUT2D eigenvalue weighted by Crippen LogP contribution is -2.14. The molecular weight excluding hydrogens is 272 g/mol. The van der Waals surface area contributed by atoms with Crippen LogP contribution in [0.25, 0.3) is 0 Å². The third kappa shape index (κ3) is 3.17. The van der Waals surface area contributed by atoms with Crippen LogP contribution in [0.4, 0.5) is 5.69 Å². The fourth-order valence-electron chi connectivity index (χ4n) is 1.90. The summed E-state index contributed by atoms with van der Waals surface area (Å²) in [6.07, 6.45) is 3.08. The summed E-state index contributed by atoms with van der Waals surface area (Å²) in [7, 11) is -3.59. The summed E-state index contributed by atoms with van der Waals surface area (Å²) in [4.78, 5) is 4.22. The third-order valence-corrected chi connectivity index (χ3v) is 4.61. The SMILES string of the molecule is Cc1ccc(C(C)C)cc1S(=O)(=O)Nc1cccnc1. The maximum atomic E-state index is 12.5. The van der Waals surface area contributed by atoms with E-state index < -0.39 is 10.0 Å². The van der Waals surface area contributed by atoms with E-state index in [4.69, 9.17) is 0 Å². The molecule has 0 unspecified atom stereocenters. The van der Waals surface area contributed by atoms with E-state index in [1.165, 1.54) is 6.20 Å². The van der Waals surface area contributed by atoms with Crippen LogP contribution in [0.15, 0.2) is 47.6 Å². The van der Waals surface area contributed by atoms with Gasteiger partial charge in [-0.3, -0.25) is 9.71 Å². The molecule has 1 heterocycles. The Kier molecular flexibility index (Phi) is 4.09. The fraction of sp³-hybridized carbons (Fsp3) is 0.267. The monoisotopic (exact) mass is 290 g/mol. The highest BCUT2D eigenvalue weighted by Gasteiger charge is 2.18. The average molecular weight is 290 g/mol. The minimum absolute atomic E-state index is 0.281. The third-order valence-electron chi connectivity index (χ3n) is 3.08. The van der Waals surface area contributed by atoms with Gasteiger partial charge in [-0.15, -0.1) is 0 Å². The van der Waals surface area contributed by atoms with Gasteiger partial charge in [-0.05, 0) is 42.2 Å². The Morgan fingerprint density at radius 2 is 1.95 bits per heavy atom. The molecule has 0 fully saturated rings. The summed E-state index contributed by atoms with van der Waals surface area (Å²) >= 11 is 0. The predicted molar refractivity (Wildman–Crippen MR) is 80.3 cm³/mol. The quantitative estimate of drug-likeness (QED) is 0.939. The van der Waals surface area contributed by atoms with Crippen molar-refractivity contribution in [3.05, 3.63) is 53.9 Å². The number of nitrogens with zero attached hydrogens (tertiary/aromatic N) is 1. The number of aromatic nitrogens is 1. The zero-order valence-electron chi connectivity index (χ0n) is 11.8. The van der Waals surface area contributed by atoms with Gasteiger partial charge >= 0.3 is 0 Å². The van der Waals surface area contributed by atoms with Crippen LogP contribution in [0.2, 0.25) is 0 Å². The van der Waals surface area contributed by atoms with E-state index in [1.54, 1.807) is 31.3 Å². The number of hydrogen-bond acceptors (Lipinski definition) is 3. The Bertz CT molecular complexity index is 695. The number of anilines is 1. The molecule has 0 atom stereocenters. The number of aryl methyl sites for hydroxylation is 1. The molecule has 0 bridgehead atoms. The Balaban J connectivity index is 2.41. The number of benzene rings is 1. The molecule has 2 aromatic rings. The number of pyridine rings is 1. The van der Waals surface area contributed by atoms with Crippen molar-refractivity contribution in [2.24, 2.45) is 0 Å². The lowest BCUT2D eigenvalue weighted by molar-refractivity contribution is 0.600. The number of rotatable bonds is 4. The molecule has 20 heavy (non-hydrogen) atoms. The molecule has 0 saturated heterocycles. The topological polar surface area (TPSA) is 59.1 Å². The number of hydrogen-bond donors (Lipinski definition) is 1. The first-order valence-corrected chi connectivity index (χ1v) is 7.92. The van der Waals surface area contributed by atoms with E-state index in [1.807, 2.05) is 26.0 Å². The van der Waals surface area contributed by atoms with E-state index in [0.29, 0.717) is 10.6 Å². The van der Waals surface area contributed by atoms with Crippen molar-refractivity contribution in [2.75, 3.05) is 4.72 Å². The van der Waals surface area contributed by atoms with Crippen LogP contribution in [0.3, 0.4) is 0 Å². The molecule has 0 saturated carbocycles. The Morgan fingerprint density at radius 1 is 1.20 bits per heavy atom. The van der Waals surface area contributed by atoms with Crippen LogP contribution in [-0.2, 0) is 10.0 Å². The molecule has 0 aliphatic rings. The van der Waals surface area contributed by atoms with Crippen molar-refractivity contribution >= 4 is 15.7 Å². The molecule has 1 aromatic heterocycles. The zero-order valence-corrected chi connectivity index (χ0v) is 12.6. The highest BCUT2D eigenvalue weighted by atomic mass is 32.2. The lowest BCUT2D eigenvalue weighted by atomic mass is 10.0. The highest BCUT2D eigenvalue weighted by molar-refractivity contribution is 7.92. The van der Waals surface area contributed by atoms with Crippen LogP contribution in [0, 0.1) is 6.92 Å². The Hall–Kier alpha value is -1.88. The van der Waals surface area contributed by atoms with Crippen molar-refractivity contribution < 1.29 is 8.42 Å². The van der Waals surface area contributed by atoms with Crippen molar-refractivity contribution in [1.82, 2.24) is 4.98 Å². The molecule has 1 aromatic carbocycles. The van der Waals surface area contributed by atoms with E-state index in [9.17, 15) is 8.42 Å².